The summed E-state index contributed by atoms with van der Waals surface area (Å²) in [5.41, 5.74) is 17.6. The fourth-order valence-corrected chi connectivity index (χ4v) is 24.3. The van der Waals surface area contributed by atoms with Gasteiger partial charge in [0.1, 0.15) is 0 Å². The first-order valence-corrected chi connectivity index (χ1v) is 32.7. The number of nitrogens with zero attached hydrogens (tertiary/aromatic N) is 2. The highest BCUT2D eigenvalue weighted by Crippen LogP contribution is 2.48. The normalized spacial score (nSPS) is 15.7. The summed E-state index contributed by atoms with van der Waals surface area (Å²) >= 11 is 0. The van der Waals surface area contributed by atoms with Crippen molar-refractivity contribution in [1.82, 2.24) is 0 Å². The van der Waals surface area contributed by atoms with Crippen molar-refractivity contribution in [3.63, 3.8) is 0 Å². The second kappa shape index (κ2) is 18.6. The third-order valence-corrected chi connectivity index (χ3v) is 28.5. The molecule has 4 aliphatic heterocycles. The van der Waals surface area contributed by atoms with Gasteiger partial charge in [0.15, 0.2) is 0 Å². The predicted octanol–water partition coefficient (Wildman–Crippen LogP) is 17.6. The molecular weight excluding hydrogens is 961 g/mol. The maximum atomic E-state index is 2.52. The van der Waals surface area contributed by atoms with Crippen LogP contribution in [-0.4, -0.2) is 16.1 Å². The second-order valence-corrected chi connectivity index (χ2v) is 30.4. The number of fused-ring (bicyclic) bond motifs is 11. The maximum Gasteiger partial charge on any atom is 0.0459 e. The first-order chi connectivity index (χ1) is 38.1. The smallest absolute Gasteiger partial charge is 0.0459 e. The molecule has 77 heavy (non-hydrogen) atoms. The second-order valence-electron chi connectivity index (χ2n) is 21.9. The van der Waals surface area contributed by atoms with Gasteiger partial charge in [0.2, 0.25) is 0 Å². The number of rotatable bonds is 8. The fourth-order valence-electron chi connectivity index (χ4n) is 14.1. The van der Waals surface area contributed by atoms with E-state index >= 15 is 0 Å². The van der Waals surface area contributed by atoms with E-state index in [-0.39, 0.29) is 0 Å². The van der Waals surface area contributed by atoms with Gasteiger partial charge in [0.25, 0.3) is 0 Å². The van der Waals surface area contributed by atoms with E-state index in [1.165, 1.54) is 144 Å². The zero-order valence-electron chi connectivity index (χ0n) is 43.2. The zero-order valence-corrected chi connectivity index (χ0v) is 45.2. The topological polar surface area (TPSA) is 6.48 Å². The Hall–Kier alpha value is -8.55. The Morgan fingerprint density at radius 3 is 0.935 bits per heavy atom. The Morgan fingerprint density at radius 1 is 0.273 bits per heavy atom. The first kappa shape index (κ1) is 45.8. The molecule has 370 valence electrons. The molecule has 0 radical (unpaired) electrons. The van der Waals surface area contributed by atoms with Gasteiger partial charge in [-0.25, -0.2) is 0 Å². The van der Waals surface area contributed by atoms with Gasteiger partial charge in [-0.3, -0.25) is 0 Å². The van der Waals surface area contributed by atoms with Crippen molar-refractivity contribution >= 4 is 117 Å². The molecule has 2 fully saturated rings. The lowest BCUT2D eigenvalue weighted by atomic mass is 9.84. The van der Waals surface area contributed by atoms with E-state index in [9.17, 15) is 0 Å². The van der Waals surface area contributed by atoms with E-state index in [0.29, 0.717) is 0 Å². The predicted molar refractivity (Wildman–Crippen MR) is 336 cm³/mol. The van der Waals surface area contributed by atoms with Crippen LogP contribution in [-0.2, 0) is 0 Å². The summed E-state index contributed by atoms with van der Waals surface area (Å²) in [5.74, 6) is 0. The highest BCUT2D eigenvalue weighted by molar-refractivity contribution is 7.06. The highest BCUT2D eigenvalue weighted by atomic mass is 28.3. The monoisotopic (exact) mass is 1020 g/mol. The Labute approximate surface area is 454 Å². The molecule has 0 N–H and O–H groups in total. The Balaban J connectivity index is 0.789. The molecule has 2 saturated heterocycles. The van der Waals surface area contributed by atoms with Crippen LogP contribution >= 0.6 is 0 Å². The summed E-state index contributed by atoms with van der Waals surface area (Å²) in [4.78, 5) is 5.03. The quantitative estimate of drug-likeness (QED) is 0.0850. The van der Waals surface area contributed by atoms with Crippen molar-refractivity contribution < 1.29 is 0 Å². The Kier molecular flexibility index (Phi) is 11.1. The van der Waals surface area contributed by atoms with Gasteiger partial charge in [0.05, 0.1) is 0 Å². The standard InChI is InChI=1S/C73H58N2Si2/c1-3-18-56(19-4-1)72-60-44-38-54(32-30-52-34-40-58(41-35-52)74-64-22-7-11-26-68(64)76(46-15-16-47-76)69-27-12-8-23-65(69)74)50-62(60)63-51-55(39-45-61(63)73(72)57-20-5-2-6-21-57)33-31-53-36-42-59(43-37-53)75-66-24-9-13-28-70(66)77(48-17-49-77)71-29-14-10-25-67(71)75/h1-14,18-45,50-51H,15-17,46-49H2/q-2/b32-30+,33-31+. The van der Waals surface area contributed by atoms with Crippen molar-refractivity contribution in [2.75, 3.05) is 9.80 Å². The van der Waals surface area contributed by atoms with Crippen LogP contribution in [0.5, 0.6) is 0 Å². The fraction of sp³-hybridized carbons (Fsp3) is 0.0959. The van der Waals surface area contributed by atoms with Gasteiger partial charge in [-0.1, -0.05) is 235 Å². The van der Waals surface area contributed by atoms with E-state index in [2.05, 4.69) is 277 Å². The highest BCUT2D eigenvalue weighted by Gasteiger charge is 2.39. The summed E-state index contributed by atoms with van der Waals surface area (Å²) in [6.45, 7) is 0. The van der Waals surface area contributed by atoms with Crippen LogP contribution in [0.1, 0.15) is 41.5 Å². The Bertz CT molecular complexity index is 4030. The molecule has 11 aromatic carbocycles. The molecule has 0 atom stereocenters. The number of hydrogen-bond donors (Lipinski definition) is 0. The third-order valence-electron chi connectivity index (χ3n) is 17.8. The molecule has 4 heterocycles. The molecule has 0 amide bonds. The maximum absolute atomic E-state index is 2.52. The molecule has 0 aromatic heterocycles. The molecule has 4 heteroatoms. The largest absolute Gasteiger partial charge is 0.316 e. The molecule has 15 rings (SSSR count). The summed E-state index contributed by atoms with van der Waals surface area (Å²) < 4.78 is 0. The lowest BCUT2D eigenvalue weighted by molar-refractivity contribution is 0.925. The first-order valence-electron chi connectivity index (χ1n) is 27.8. The average molecular weight is 1020 g/mol. The van der Waals surface area contributed by atoms with Crippen LogP contribution in [0.15, 0.2) is 243 Å². The van der Waals surface area contributed by atoms with Crippen LogP contribution in [0, 0.1) is 0 Å². The summed E-state index contributed by atoms with van der Waals surface area (Å²) in [6.07, 6.45) is 13.1. The average Bonchev–Trinajstić information content (AvgIpc) is 4.07. The van der Waals surface area contributed by atoms with E-state index in [0.717, 1.165) is 0 Å². The molecule has 4 aliphatic rings. The minimum atomic E-state index is -1.78. The van der Waals surface area contributed by atoms with Gasteiger partial charge in [-0.05, 0) is 127 Å². The van der Waals surface area contributed by atoms with Crippen LogP contribution in [0.2, 0.25) is 24.2 Å². The van der Waals surface area contributed by atoms with Crippen molar-refractivity contribution in [3.05, 3.63) is 265 Å². The molecule has 2 nitrogen and oxygen atoms in total. The molecule has 0 saturated carbocycles. The third kappa shape index (κ3) is 7.49. The lowest BCUT2D eigenvalue weighted by Gasteiger charge is -2.59. The molecule has 0 unspecified atom stereocenters. The van der Waals surface area contributed by atoms with E-state index < -0.39 is 16.1 Å². The van der Waals surface area contributed by atoms with Crippen LogP contribution in [0.25, 0.3) is 68.1 Å². The van der Waals surface area contributed by atoms with Crippen molar-refractivity contribution in [2.45, 2.75) is 43.4 Å². The van der Waals surface area contributed by atoms with Crippen LogP contribution in [0.3, 0.4) is 0 Å². The number of anilines is 6. The van der Waals surface area contributed by atoms with Crippen LogP contribution < -0.4 is 30.5 Å². The van der Waals surface area contributed by atoms with Gasteiger partial charge >= 0.3 is 0 Å². The van der Waals surface area contributed by atoms with Crippen molar-refractivity contribution in [2.24, 2.45) is 0 Å². The van der Waals surface area contributed by atoms with E-state index in [1.807, 2.05) is 0 Å². The minimum Gasteiger partial charge on any atom is -0.316 e. The van der Waals surface area contributed by atoms with E-state index in [1.54, 1.807) is 20.7 Å². The molecule has 0 aliphatic carbocycles. The number of benzene rings is 11. The molecule has 2 spiro atoms. The van der Waals surface area contributed by atoms with Gasteiger partial charge in [-0.2, -0.15) is 32.8 Å². The summed E-state index contributed by atoms with van der Waals surface area (Å²) in [7, 11) is -3.48. The van der Waals surface area contributed by atoms with Crippen molar-refractivity contribution in [3.8, 4) is 22.3 Å². The van der Waals surface area contributed by atoms with Gasteiger partial charge < -0.3 is 9.80 Å². The van der Waals surface area contributed by atoms with Crippen LogP contribution in [0.4, 0.5) is 34.1 Å². The van der Waals surface area contributed by atoms with E-state index in [4.69, 9.17) is 0 Å². The zero-order chi connectivity index (χ0) is 50.9. The SMILES string of the molecule is C(=C\c1ccc2c(-c3ccccc3)c(-c3ccccc3)c3ccc(/C=C/c4ccc(N5c6ccccc6[Si-]6(CCC6)c6ccccc65)cc4)cc3c2c1)/c1ccc(N2c3ccccc3[Si-]3(CCCC3)c3ccccc32)cc1. The summed E-state index contributed by atoms with van der Waals surface area (Å²) in [6, 6.07) is 96.9. The molecular formula is C73H58N2Si2-2. The lowest BCUT2D eigenvalue weighted by Crippen LogP contribution is -2.66. The molecule has 0 bridgehead atoms. The number of hydrogen-bond acceptors (Lipinski definition) is 2. The number of para-hydroxylation sites is 4. The van der Waals surface area contributed by atoms with Crippen molar-refractivity contribution in [1.29, 1.82) is 0 Å². The minimum absolute atomic E-state index is 1.17. The Morgan fingerprint density at radius 2 is 0.584 bits per heavy atom. The summed E-state index contributed by atoms with van der Waals surface area (Å²) in [5, 5.41) is 11.4. The molecule has 11 aromatic rings. The van der Waals surface area contributed by atoms with Gasteiger partial charge in [0, 0.05) is 34.1 Å². The van der Waals surface area contributed by atoms with Gasteiger partial charge in [-0.15, -0.1) is 18.5 Å².